The van der Waals surface area contributed by atoms with Gasteiger partial charge in [0.15, 0.2) is 0 Å². The van der Waals surface area contributed by atoms with Crippen LogP contribution in [0.4, 0.5) is 0 Å². The summed E-state index contributed by atoms with van der Waals surface area (Å²) in [6, 6.07) is 7.29. The lowest BCUT2D eigenvalue weighted by Crippen LogP contribution is -2.46. The summed E-state index contributed by atoms with van der Waals surface area (Å²) in [5.74, 6) is -1.20. The van der Waals surface area contributed by atoms with Gasteiger partial charge < -0.3 is 15.2 Å². The van der Waals surface area contributed by atoms with Crippen LogP contribution < -0.4 is 5.32 Å². The number of amides is 1. The van der Waals surface area contributed by atoms with Crippen LogP contribution in [0.25, 0.3) is 0 Å². The van der Waals surface area contributed by atoms with Crippen LogP contribution in [0.2, 0.25) is 0 Å². The molecule has 1 aliphatic carbocycles. The fraction of sp³-hybridized carbons (Fsp3) is 0.556. The van der Waals surface area contributed by atoms with Crippen molar-refractivity contribution in [1.29, 1.82) is 0 Å². The van der Waals surface area contributed by atoms with Gasteiger partial charge in [0.1, 0.15) is 12.1 Å². The average molecular weight is 319 g/mol. The van der Waals surface area contributed by atoms with E-state index >= 15 is 0 Å². The summed E-state index contributed by atoms with van der Waals surface area (Å²) in [6.45, 7) is 3.85. The van der Waals surface area contributed by atoms with Crippen molar-refractivity contribution in [2.75, 3.05) is 6.61 Å². The van der Waals surface area contributed by atoms with E-state index < -0.39 is 18.1 Å². The highest BCUT2D eigenvalue weighted by atomic mass is 16.5. The highest BCUT2D eigenvalue weighted by Gasteiger charge is 2.29. The number of aliphatic carboxylic acids is 1. The summed E-state index contributed by atoms with van der Waals surface area (Å²) in [4.78, 5) is 23.6. The first-order valence-electron chi connectivity index (χ1n) is 8.25. The van der Waals surface area contributed by atoms with Crippen molar-refractivity contribution in [1.82, 2.24) is 5.32 Å². The quantitative estimate of drug-likeness (QED) is 0.809. The molecule has 1 aromatic rings. The van der Waals surface area contributed by atoms with Gasteiger partial charge in [0.25, 0.3) is 0 Å². The van der Waals surface area contributed by atoms with E-state index in [-0.39, 0.29) is 11.8 Å². The summed E-state index contributed by atoms with van der Waals surface area (Å²) in [5.41, 5.74) is 2.51. The fourth-order valence-corrected chi connectivity index (χ4v) is 3.22. The lowest BCUT2D eigenvalue weighted by atomic mass is 9.79. The van der Waals surface area contributed by atoms with Crippen LogP contribution in [0, 0.1) is 0 Å². The minimum atomic E-state index is -0.995. The zero-order valence-corrected chi connectivity index (χ0v) is 13.7. The predicted molar refractivity (Wildman–Crippen MR) is 87.4 cm³/mol. The summed E-state index contributed by atoms with van der Waals surface area (Å²) in [7, 11) is 0. The lowest BCUT2D eigenvalue weighted by Gasteiger charge is -2.28. The SMILES string of the molecule is CCOC(C)C(=O)NC(CC1CCCc2ccccc21)C(=O)O. The first-order chi connectivity index (χ1) is 11.0. The normalized spacial score (nSPS) is 19.5. The summed E-state index contributed by atoms with van der Waals surface area (Å²) in [6.07, 6.45) is 2.82. The molecule has 1 aromatic carbocycles. The first kappa shape index (κ1) is 17.5. The Morgan fingerprint density at radius 1 is 1.39 bits per heavy atom. The number of carboxylic acid groups (broad SMARTS) is 1. The topological polar surface area (TPSA) is 75.6 Å². The van der Waals surface area contributed by atoms with E-state index in [0.717, 1.165) is 19.3 Å². The van der Waals surface area contributed by atoms with Crippen LogP contribution in [-0.4, -0.2) is 35.7 Å². The van der Waals surface area contributed by atoms with Gasteiger partial charge in [0, 0.05) is 6.61 Å². The minimum Gasteiger partial charge on any atom is -0.480 e. The Hall–Kier alpha value is -1.88. The second-order valence-corrected chi connectivity index (χ2v) is 6.02. The van der Waals surface area contributed by atoms with Crippen LogP contribution in [0.3, 0.4) is 0 Å². The van der Waals surface area contributed by atoms with Gasteiger partial charge in [-0.3, -0.25) is 4.79 Å². The van der Waals surface area contributed by atoms with E-state index in [4.69, 9.17) is 4.74 Å². The van der Waals surface area contributed by atoms with Gasteiger partial charge in [-0.2, -0.15) is 0 Å². The van der Waals surface area contributed by atoms with E-state index in [1.54, 1.807) is 13.8 Å². The molecule has 5 nitrogen and oxygen atoms in total. The molecule has 2 rings (SSSR count). The van der Waals surface area contributed by atoms with E-state index in [1.807, 2.05) is 12.1 Å². The van der Waals surface area contributed by atoms with Gasteiger partial charge in [-0.25, -0.2) is 4.79 Å². The number of carboxylic acids is 1. The van der Waals surface area contributed by atoms with Gasteiger partial charge in [-0.05, 0) is 56.6 Å². The largest absolute Gasteiger partial charge is 0.480 e. The molecule has 0 saturated carbocycles. The van der Waals surface area contributed by atoms with E-state index in [1.165, 1.54) is 11.1 Å². The molecule has 1 amide bonds. The number of hydrogen-bond acceptors (Lipinski definition) is 3. The number of aryl methyl sites for hydroxylation is 1. The number of fused-ring (bicyclic) bond motifs is 1. The van der Waals surface area contributed by atoms with Gasteiger partial charge in [0.05, 0.1) is 0 Å². The highest BCUT2D eigenvalue weighted by Crippen LogP contribution is 2.34. The molecule has 0 heterocycles. The van der Waals surface area contributed by atoms with Crippen molar-refractivity contribution in [2.45, 2.75) is 57.6 Å². The molecule has 0 spiro atoms. The van der Waals surface area contributed by atoms with Crippen LogP contribution in [0.1, 0.15) is 50.2 Å². The Morgan fingerprint density at radius 2 is 2.13 bits per heavy atom. The van der Waals surface area contributed by atoms with Crippen molar-refractivity contribution in [2.24, 2.45) is 0 Å². The number of ether oxygens (including phenoxy) is 1. The monoisotopic (exact) mass is 319 g/mol. The maximum absolute atomic E-state index is 12.0. The molecule has 0 aliphatic heterocycles. The average Bonchev–Trinajstić information content (AvgIpc) is 2.54. The third-order valence-corrected chi connectivity index (χ3v) is 4.41. The van der Waals surface area contributed by atoms with Gasteiger partial charge in [-0.15, -0.1) is 0 Å². The third-order valence-electron chi connectivity index (χ3n) is 4.41. The number of carbonyl (C=O) groups excluding carboxylic acids is 1. The van der Waals surface area contributed by atoms with E-state index in [9.17, 15) is 14.7 Å². The first-order valence-corrected chi connectivity index (χ1v) is 8.25. The maximum atomic E-state index is 12.0. The highest BCUT2D eigenvalue weighted by molar-refractivity contribution is 5.86. The van der Waals surface area contributed by atoms with Crippen LogP contribution in [-0.2, 0) is 20.7 Å². The number of benzene rings is 1. The molecular weight excluding hydrogens is 294 g/mol. The van der Waals surface area contributed by atoms with Crippen molar-refractivity contribution in [3.63, 3.8) is 0 Å². The molecule has 2 N–H and O–H groups in total. The smallest absolute Gasteiger partial charge is 0.326 e. The Kier molecular flexibility index (Phi) is 6.16. The van der Waals surface area contributed by atoms with Crippen molar-refractivity contribution >= 4 is 11.9 Å². The molecule has 0 fully saturated rings. The van der Waals surface area contributed by atoms with Crippen molar-refractivity contribution < 1.29 is 19.4 Å². The number of hydrogen-bond donors (Lipinski definition) is 2. The predicted octanol–water partition coefficient (Wildman–Crippen LogP) is 2.49. The zero-order chi connectivity index (χ0) is 16.8. The molecular formula is C18H25NO4. The van der Waals surface area contributed by atoms with Gasteiger partial charge >= 0.3 is 5.97 Å². The van der Waals surface area contributed by atoms with Gasteiger partial charge in [0.2, 0.25) is 5.91 Å². The Labute approximate surface area is 137 Å². The van der Waals surface area contributed by atoms with E-state index in [0.29, 0.717) is 13.0 Å². The second-order valence-electron chi connectivity index (χ2n) is 6.02. The van der Waals surface area contributed by atoms with E-state index in [2.05, 4.69) is 17.4 Å². The number of nitrogens with one attached hydrogen (secondary N) is 1. The standard InChI is InChI=1S/C18H25NO4/c1-3-23-12(2)17(20)19-16(18(21)22)11-14-9-6-8-13-7-4-5-10-15(13)14/h4-5,7,10,12,14,16H,3,6,8-9,11H2,1-2H3,(H,19,20)(H,21,22). The molecule has 3 atom stereocenters. The Bertz CT molecular complexity index is 558. The minimum absolute atomic E-state index is 0.170. The summed E-state index contributed by atoms with van der Waals surface area (Å²) in [5, 5.41) is 12.1. The maximum Gasteiger partial charge on any atom is 0.326 e. The summed E-state index contributed by atoms with van der Waals surface area (Å²) < 4.78 is 5.23. The molecule has 1 aliphatic rings. The molecule has 0 bridgehead atoms. The van der Waals surface area contributed by atoms with Crippen molar-refractivity contribution in [3.05, 3.63) is 35.4 Å². The third kappa shape index (κ3) is 4.55. The molecule has 3 unspecified atom stereocenters. The fourth-order valence-electron chi connectivity index (χ4n) is 3.22. The van der Waals surface area contributed by atoms with Gasteiger partial charge in [-0.1, -0.05) is 24.3 Å². The number of carbonyl (C=O) groups is 2. The van der Waals surface area contributed by atoms with Crippen LogP contribution in [0.15, 0.2) is 24.3 Å². The molecule has 0 saturated heterocycles. The molecule has 23 heavy (non-hydrogen) atoms. The molecule has 0 aromatic heterocycles. The molecule has 126 valence electrons. The van der Waals surface area contributed by atoms with Crippen LogP contribution >= 0.6 is 0 Å². The summed E-state index contributed by atoms with van der Waals surface area (Å²) >= 11 is 0. The second kappa shape index (κ2) is 8.11. The molecule has 5 heteroatoms. The van der Waals surface area contributed by atoms with Crippen molar-refractivity contribution in [3.8, 4) is 0 Å². The Balaban J connectivity index is 2.06. The Morgan fingerprint density at radius 3 is 2.83 bits per heavy atom. The number of rotatable bonds is 7. The molecule has 0 radical (unpaired) electrons. The lowest BCUT2D eigenvalue weighted by molar-refractivity contribution is -0.144. The van der Waals surface area contributed by atoms with Crippen LogP contribution in [0.5, 0.6) is 0 Å². The zero-order valence-electron chi connectivity index (χ0n) is 13.7.